The zero-order chi connectivity index (χ0) is 20.2. The summed E-state index contributed by atoms with van der Waals surface area (Å²) in [5.41, 5.74) is 1.24. The standard InChI is InChI=1S/C20H25N3O4S/c1-4-22-11-17(18(24)16-8-5-12(2)21-19(16)22)20(25)23-13-6-7-14(23)10-15(9-13)28(3,26)27/h5,8,11,13-15H,4,6-7,9-10H2,1-3H3. The smallest absolute Gasteiger partial charge is 0.259 e. The highest BCUT2D eigenvalue weighted by Gasteiger charge is 2.46. The number of carbonyl (C=O) groups excluding carboxylic acids is 1. The summed E-state index contributed by atoms with van der Waals surface area (Å²) >= 11 is 0. The topological polar surface area (TPSA) is 89.3 Å². The van der Waals surface area contributed by atoms with E-state index in [2.05, 4.69) is 4.98 Å². The van der Waals surface area contributed by atoms with Crippen molar-refractivity contribution in [2.45, 2.75) is 63.4 Å². The summed E-state index contributed by atoms with van der Waals surface area (Å²) in [4.78, 5) is 32.7. The summed E-state index contributed by atoms with van der Waals surface area (Å²) < 4.78 is 25.8. The minimum absolute atomic E-state index is 0.118. The number of nitrogens with zero attached hydrogens (tertiary/aromatic N) is 3. The molecule has 7 nitrogen and oxygen atoms in total. The largest absolute Gasteiger partial charge is 0.332 e. The number of sulfone groups is 1. The van der Waals surface area contributed by atoms with Gasteiger partial charge in [0.25, 0.3) is 5.91 Å². The van der Waals surface area contributed by atoms with E-state index in [-0.39, 0.29) is 29.0 Å². The summed E-state index contributed by atoms with van der Waals surface area (Å²) in [7, 11) is -3.13. The van der Waals surface area contributed by atoms with Crippen molar-refractivity contribution in [2.75, 3.05) is 6.26 Å². The Bertz CT molecular complexity index is 1110. The SMILES string of the molecule is CCn1cc(C(=O)N2C3CCC2CC(S(C)(=O)=O)C3)c(=O)c2ccc(C)nc21. The molecule has 2 unspecified atom stereocenters. The Hall–Kier alpha value is -2.22. The molecule has 0 saturated carbocycles. The van der Waals surface area contributed by atoms with Crippen molar-refractivity contribution in [1.82, 2.24) is 14.5 Å². The Morgan fingerprint density at radius 3 is 2.43 bits per heavy atom. The molecule has 1 amide bonds. The van der Waals surface area contributed by atoms with Crippen LogP contribution >= 0.6 is 0 Å². The predicted molar refractivity (Wildman–Crippen MR) is 107 cm³/mol. The lowest BCUT2D eigenvalue weighted by atomic mass is 10.0. The van der Waals surface area contributed by atoms with Crippen molar-refractivity contribution >= 4 is 26.8 Å². The van der Waals surface area contributed by atoms with E-state index in [1.165, 1.54) is 6.26 Å². The van der Waals surface area contributed by atoms with Crippen LogP contribution in [0.3, 0.4) is 0 Å². The highest BCUT2D eigenvalue weighted by atomic mass is 32.2. The number of aromatic nitrogens is 2. The highest BCUT2D eigenvalue weighted by Crippen LogP contribution is 2.38. The molecule has 2 aliphatic heterocycles. The number of aryl methyl sites for hydroxylation is 2. The van der Waals surface area contributed by atoms with Crippen LogP contribution in [0.25, 0.3) is 11.0 Å². The van der Waals surface area contributed by atoms with Crippen molar-refractivity contribution in [3.63, 3.8) is 0 Å². The molecule has 2 fully saturated rings. The maximum atomic E-state index is 13.4. The van der Waals surface area contributed by atoms with Crippen LogP contribution in [0.1, 0.15) is 48.7 Å². The van der Waals surface area contributed by atoms with Crippen LogP contribution in [0.4, 0.5) is 0 Å². The van der Waals surface area contributed by atoms with Crippen LogP contribution in [0.15, 0.2) is 23.1 Å². The molecule has 0 aliphatic carbocycles. The third kappa shape index (κ3) is 3.03. The van der Waals surface area contributed by atoms with Crippen molar-refractivity contribution in [3.05, 3.63) is 39.8 Å². The van der Waals surface area contributed by atoms with E-state index >= 15 is 0 Å². The fraction of sp³-hybridized carbons (Fsp3) is 0.550. The maximum Gasteiger partial charge on any atom is 0.259 e. The Morgan fingerprint density at radius 2 is 1.86 bits per heavy atom. The average molecular weight is 404 g/mol. The molecule has 2 bridgehead atoms. The number of hydrogen-bond donors (Lipinski definition) is 0. The van der Waals surface area contributed by atoms with E-state index < -0.39 is 15.1 Å². The average Bonchev–Trinajstić information content (AvgIpc) is 2.89. The number of fused-ring (bicyclic) bond motifs is 3. The van der Waals surface area contributed by atoms with Gasteiger partial charge < -0.3 is 9.47 Å². The first-order chi connectivity index (χ1) is 13.2. The third-order valence-corrected chi connectivity index (χ3v) is 7.76. The number of piperidine rings is 1. The van der Waals surface area contributed by atoms with E-state index in [0.29, 0.717) is 30.4 Å². The minimum atomic E-state index is -3.13. The lowest BCUT2D eigenvalue weighted by molar-refractivity contribution is 0.0596. The van der Waals surface area contributed by atoms with Gasteiger partial charge in [0.1, 0.15) is 21.0 Å². The van der Waals surface area contributed by atoms with E-state index in [1.54, 1.807) is 23.2 Å². The molecule has 0 radical (unpaired) electrons. The molecule has 2 aromatic heterocycles. The van der Waals surface area contributed by atoms with Crippen LogP contribution in [-0.2, 0) is 16.4 Å². The van der Waals surface area contributed by atoms with Crippen LogP contribution in [-0.4, -0.2) is 52.4 Å². The number of carbonyl (C=O) groups is 1. The molecule has 2 atom stereocenters. The Balaban J connectivity index is 1.75. The molecule has 0 spiro atoms. The van der Waals surface area contributed by atoms with Gasteiger partial charge in [0.2, 0.25) is 5.43 Å². The zero-order valence-corrected chi connectivity index (χ0v) is 17.2. The summed E-state index contributed by atoms with van der Waals surface area (Å²) in [5.74, 6) is -0.283. The molecule has 2 aromatic rings. The van der Waals surface area contributed by atoms with Gasteiger partial charge in [-0.3, -0.25) is 9.59 Å². The van der Waals surface area contributed by atoms with Gasteiger partial charge in [-0.05, 0) is 51.7 Å². The lowest BCUT2D eigenvalue weighted by Gasteiger charge is -2.38. The second-order valence-corrected chi connectivity index (χ2v) is 10.3. The lowest BCUT2D eigenvalue weighted by Crippen LogP contribution is -2.50. The molecule has 8 heteroatoms. The molecule has 4 heterocycles. The van der Waals surface area contributed by atoms with Crippen LogP contribution in [0.2, 0.25) is 0 Å². The first kappa shape index (κ1) is 19.1. The Morgan fingerprint density at radius 1 is 1.21 bits per heavy atom. The number of hydrogen-bond acceptors (Lipinski definition) is 5. The van der Waals surface area contributed by atoms with Gasteiger partial charge in [0.05, 0.1) is 10.6 Å². The highest BCUT2D eigenvalue weighted by molar-refractivity contribution is 7.91. The third-order valence-electron chi connectivity index (χ3n) is 6.16. The van der Waals surface area contributed by atoms with E-state index in [1.807, 2.05) is 18.4 Å². The number of rotatable bonds is 3. The van der Waals surface area contributed by atoms with Crippen LogP contribution < -0.4 is 5.43 Å². The van der Waals surface area contributed by atoms with Gasteiger partial charge in [-0.1, -0.05) is 0 Å². The molecule has 0 N–H and O–H groups in total. The van der Waals surface area contributed by atoms with Crippen molar-refractivity contribution in [3.8, 4) is 0 Å². The molecule has 150 valence electrons. The summed E-state index contributed by atoms with van der Waals surface area (Å²) in [6.45, 7) is 4.41. The second kappa shape index (κ2) is 6.69. The second-order valence-electron chi connectivity index (χ2n) is 8.00. The van der Waals surface area contributed by atoms with Crippen molar-refractivity contribution in [2.24, 2.45) is 0 Å². The van der Waals surface area contributed by atoms with Gasteiger partial charge in [0, 0.05) is 36.8 Å². The van der Waals surface area contributed by atoms with E-state index in [0.717, 1.165) is 18.5 Å². The van der Waals surface area contributed by atoms with Crippen LogP contribution in [0.5, 0.6) is 0 Å². The van der Waals surface area contributed by atoms with Crippen molar-refractivity contribution in [1.29, 1.82) is 0 Å². The Kier molecular flexibility index (Phi) is 4.56. The van der Waals surface area contributed by atoms with Gasteiger partial charge in [-0.2, -0.15) is 0 Å². The molecule has 4 rings (SSSR count). The van der Waals surface area contributed by atoms with Crippen molar-refractivity contribution < 1.29 is 13.2 Å². The van der Waals surface area contributed by atoms with Gasteiger partial charge in [-0.15, -0.1) is 0 Å². The van der Waals surface area contributed by atoms with Gasteiger partial charge >= 0.3 is 0 Å². The molecule has 2 saturated heterocycles. The molecular formula is C20H25N3O4S. The Labute approximate surface area is 164 Å². The zero-order valence-electron chi connectivity index (χ0n) is 16.4. The summed E-state index contributed by atoms with van der Waals surface area (Å²) in [5, 5.41) is 0.0433. The molecule has 28 heavy (non-hydrogen) atoms. The monoisotopic (exact) mass is 403 g/mol. The quantitative estimate of drug-likeness (QED) is 0.781. The van der Waals surface area contributed by atoms with E-state index in [4.69, 9.17) is 0 Å². The van der Waals surface area contributed by atoms with Crippen LogP contribution in [0, 0.1) is 6.92 Å². The maximum absolute atomic E-state index is 13.4. The minimum Gasteiger partial charge on any atom is -0.332 e. The number of amides is 1. The predicted octanol–water partition coefficient (Wildman–Crippen LogP) is 1.91. The fourth-order valence-electron chi connectivity index (χ4n) is 4.70. The summed E-state index contributed by atoms with van der Waals surface area (Å²) in [6.07, 6.45) is 5.38. The molecular weight excluding hydrogens is 378 g/mol. The normalized spacial score (nSPS) is 24.7. The number of pyridine rings is 2. The van der Waals surface area contributed by atoms with E-state index in [9.17, 15) is 18.0 Å². The van der Waals surface area contributed by atoms with Gasteiger partial charge in [-0.25, -0.2) is 13.4 Å². The van der Waals surface area contributed by atoms with Gasteiger partial charge in [0.15, 0.2) is 0 Å². The fourth-order valence-corrected chi connectivity index (χ4v) is 5.84. The summed E-state index contributed by atoms with van der Waals surface area (Å²) in [6, 6.07) is 3.27. The molecule has 2 aliphatic rings. The first-order valence-corrected chi connectivity index (χ1v) is 11.7. The first-order valence-electron chi connectivity index (χ1n) is 9.73. The molecule has 0 aromatic carbocycles.